The minimum absolute atomic E-state index is 0.663. The van der Waals surface area contributed by atoms with E-state index >= 15 is 0 Å². The smallest absolute Gasteiger partial charge is 0.160 e. The molecular weight excluding hydrogens is 699 g/mol. The molecule has 0 aliphatic carbocycles. The third kappa shape index (κ3) is 4.96. The molecule has 266 valence electrons. The molecular formula is C52H31N3O2. The Morgan fingerprint density at radius 2 is 1.02 bits per heavy atom. The van der Waals surface area contributed by atoms with E-state index in [1.165, 1.54) is 21.8 Å². The van der Waals surface area contributed by atoms with E-state index < -0.39 is 0 Å². The van der Waals surface area contributed by atoms with Gasteiger partial charge in [0.2, 0.25) is 0 Å². The lowest BCUT2D eigenvalue weighted by molar-refractivity contribution is 0.669. The van der Waals surface area contributed by atoms with Crippen LogP contribution in [0.5, 0.6) is 0 Å². The van der Waals surface area contributed by atoms with E-state index in [1.54, 1.807) is 0 Å². The highest BCUT2D eigenvalue weighted by molar-refractivity contribution is 6.14. The van der Waals surface area contributed by atoms with Crippen molar-refractivity contribution in [1.82, 2.24) is 14.5 Å². The van der Waals surface area contributed by atoms with Crippen LogP contribution in [0.2, 0.25) is 0 Å². The van der Waals surface area contributed by atoms with Crippen LogP contribution in [-0.4, -0.2) is 14.5 Å². The maximum atomic E-state index is 6.72. The fourth-order valence-electron chi connectivity index (χ4n) is 8.62. The third-order valence-electron chi connectivity index (χ3n) is 11.2. The number of furan rings is 2. The fourth-order valence-corrected chi connectivity index (χ4v) is 8.62. The molecule has 8 aromatic carbocycles. The Kier molecular flexibility index (Phi) is 6.86. The molecule has 0 saturated heterocycles. The quantitative estimate of drug-likeness (QED) is 0.177. The molecule has 0 spiro atoms. The molecule has 4 heterocycles. The summed E-state index contributed by atoms with van der Waals surface area (Å²) in [7, 11) is 0. The van der Waals surface area contributed by atoms with Gasteiger partial charge in [0.15, 0.2) is 5.82 Å². The van der Waals surface area contributed by atoms with Gasteiger partial charge < -0.3 is 13.4 Å². The molecule has 0 amide bonds. The van der Waals surface area contributed by atoms with Crippen LogP contribution in [0.1, 0.15) is 0 Å². The third-order valence-corrected chi connectivity index (χ3v) is 11.2. The van der Waals surface area contributed by atoms with Gasteiger partial charge in [0.05, 0.1) is 22.4 Å². The Bertz CT molecular complexity index is 3520. The first-order chi connectivity index (χ1) is 28.2. The molecule has 0 aliphatic rings. The molecule has 0 bridgehead atoms. The highest BCUT2D eigenvalue weighted by atomic mass is 16.3. The molecule has 0 fully saturated rings. The van der Waals surface area contributed by atoms with Gasteiger partial charge >= 0.3 is 0 Å². The topological polar surface area (TPSA) is 57.0 Å². The molecule has 0 radical (unpaired) electrons. The summed E-state index contributed by atoms with van der Waals surface area (Å²) in [6.45, 7) is 0. The van der Waals surface area contributed by atoms with Crippen molar-refractivity contribution in [3.63, 3.8) is 0 Å². The molecule has 0 N–H and O–H groups in total. The molecule has 0 unspecified atom stereocenters. The van der Waals surface area contributed by atoms with Crippen molar-refractivity contribution in [3.05, 3.63) is 188 Å². The average molecular weight is 730 g/mol. The molecule has 4 aromatic heterocycles. The minimum Gasteiger partial charge on any atom is -0.456 e. The van der Waals surface area contributed by atoms with Crippen LogP contribution < -0.4 is 0 Å². The van der Waals surface area contributed by atoms with Crippen LogP contribution in [0.25, 0.3) is 116 Å². The summed E-state index contributed by atoms with van der Waals surface area (Å²) in [5, 5.41) is 6.63. The van der Waals surface area contributed by atoms with Gasteiger partial charge in [-0.15, -0.1) is 0 Å². The molecule has 0 aliphatic heterocycles. The zero-order valence-electron chi connectivity index (χ0n) is 30.6. The summed E-state index contributed by atoms with van der Waals surface area (Å²) in [5.41, 5.74) is 13.6. The Balaban J connectivity index is 1.02. The van der Waals surface area contributed by atoms with Gasteiger partial charge in [-0.3, -0.25) is 0 Å². The van der Waals surface area contributed by atoms with Crippen LogP contribution in [0.15, 0.2) is 197 Å². The van der Waals surface area contributed by atoms with Crippen molar-refractivity contribution in [2.24, 2.45) is 0 Å². The first kappa shape index (κ1) is 31.6. The van der Waals surface area contributed by atoms with Gasteiger partial charge in [0.25, 0.3) is 0 Å². The van der Waals surface area contributed by atoms with Crippen molar-refractivity contribution >= 4 is 65.7 Å². The Labute approximate surface area is 326 Å². The summed E-state index contributed by atoms with van der Waals surface area (Å²) in [6, 6.07) is 65.4. The SMILES string of the molecule is c1ccc(-c2nc(-c3ccc4oc5c(-c6ccc7c(c6)c6ccccc6n7-c6ccccc6)cccc5c4c3)cc(-c3cccc4oc5ccccc5c34)n2)cc1. The predicted octanol–water partition coefficient (Wildman–Crippen LogP) is 14.0. The zero-order chi connectivity index (χ0) is 37.5. The number of benzene rings is 8. The Morgan fingerprint density at radius 1 is 0.368 bits per heavy atom. The van der Waals surface area contributed by atoms with Crippen LogP contribution in [0, 0.1) is 0 Å². The Hall–Kier alpha value is -7.76. The first-order valence-corrected chi connectivity index (χ1v) is 19.1. The second kappa shape index (κ2) is 12.4. The number of hydrogen-bond donors (Lipinski definition) is 0. The van der Waals surface area contributed by atoms with E-state index in [4.69, 9.17) is 18.8 Å². The normalized spacial score (nSPS) is 11.9. The van der Waals surface area contributed by atoms with E-state index in [0.29, 0.717) is 5.82 Å². The van der Waals surface area contributed by atoms with Gasteiger partial charge in [-0.05, 0) is 72.3 Å². The number of hydrogen-bond acceptors (Lipinski definition) is 4. The van der Waals surface area contributed by atoms with Crippen molar-refractivity contribution in [2.45, 2.75) is 0 Å². The van der Waals surface area contributed by atoms with E-state index in [0.717, 1.165) is 88.8 Å². The zero-order valence-corrected chi connectivity index (χ0v) is 30.6. The highest BCUT2D eigenvalue weighted by Gasteiger charge is 2.19. The number of aromatic nitrogens is 3. The van der Waals surface area contributed by atoms with E-state index in [1.807, 2.05) is 48.5 Å². The molecule has 0 atom stereocenters. The van der Waals surface area contributed by atoms with E-state index in [-0.39, 0.29) is 0 Å². The average Bonchev–Trinajstić information content (AvgIpc) is 3.96. The van der Waals surface area contributed by atoms with Gasteiger partial charge in [-0.1, -0.05) is 121 Å². The van der Waals surface area contributed by atoms with Crippen LogP contribution in [0.4, 0.5) is 0 Å². The van der Waals surface area contributed by atoms with E-state index in [2.05, 4.69) is 144 Å². The second-order valence-electron chi connectivity index (χ2n) is 14.5. The van der Waals surface area contributed by atoms with Crippen molar-refractivity contribution in [2.75, 3.05) is 0 Å². The van der Waals surface area contributed by atoms with Gasteiger partial charge in [0.1, 0.15) is 22.3 Å². The lowest BCUT2D eigenvalue weighted by Crippen LogP contribution is -1.96. The first-order valence-electron chi connectivity index (χ1n) is 19.1. The van der Waals surface area contributed by atoms with Gasteiger partial charge in [-0.25, -0.2) is 9.97 Å². The number of para-hydroxylation sites is 4. The summed E-state index contributed by atoms with van der Waals surface area (Å²) in [6.07, 6.45) is 0. The monoisotopic (exact) mass is 729 g/mol. The lowest BCUT2D eigenvalue weighted by Gasteiger charge is -2.10. The highest BCUT2D eigenvalue weighted by Crippen LogP contribution is 2.42. The predicted molar refractivity (Wildman–Crippen MR) is 233 cm³/mol. The van der Waals surface area contributed by atoms with Crippen LogP contribution in [0.3, 0.4) is 0 Å². The summed E-state index contributed by atoms with van der Waals surface area (Å²) in [5.74, 6) is 0.663. The number of nitrogens with zero attached hydrogens (tertiary/aromatic N) is 3. The minimum atomic E-state index is 0.663. The summed E-state index contributed by atoms with van der Waals surface area (Å²) in [4.78, 5) is 10.3. The molecule has 57 heavy (non-hydrogen) atoms. The molecule has 5 nitrogen and oxygen atoms in total. The van der Waals surface area contributed by atoms with Crippen LogP contribution >= 0.6 is 0 Å². The maximum absolute atomic E-state index is 6.72. The molecule has 5 heteroatoms. The largest absolute Gasteiger partial charge is 0.456 e. The summed E-state index contributed by atoms with van der Waals surface area (Å²) < 4.78 is 15.3. The van der Waals surface area contributed by atoms with Gasteiger partial charge in [0, 0.05) is 60.3 Å². The maximum Gasteiger partial charge on any atom is 0.160 e. The van der Waals surface area contributed by atoms with Gasteiger partial charge in [-0.2, -0.15) is 0 Å². The lowest BCUT2D eigenvalue weighted by atomic mass is 9.99. The molecule has 0 saturated carbocycles. The molecule has 12 rings (SSSR count). The standard InChI is InChI=1S/C52H31N3O2/c1-3-13-32(14-4-1)52-53-43(31-44(54-52)39-21-12-24-49-50(39)40-18-8-10-23-47(40)56-49)34-26-28-48-42(30-34)38-20-11-19-36(51(38)57-48)33-25-27-46-41(29-33)37-17-7-9-22-45(37)55(46)35-15-5-2-6-16-35/h1-31H. The summed E-state index contributed by atoms with van der Waals surface area (Å²) >= 11 is 0. The number of fused-ring (bicyclic) bond motifs is 9. The van der Waals surface area contributed by atoms with E-state index in [9.17, 15) is 0 Å². The number of rotatable bonds is 5. The van der Waals surface area contributed by atoms with Crippen molar-refractivity contribution in [3.8, 4) is 50.7 Å². The Morgan fingerprint density at radius 3 is 1.91 bits per heavy atom. The molecule has 12 aromatic rings. The second-order valence-corrected chi connectivity index (χ2v) is 14.5. The van der Waals surface area contributed by atoms with Crippen molar-refractivity contribution in [1.29, 1.82) is 0 Å². The van der Waals surface area contributed by atoms with Crippen molar-refractivity contribution < 1.29 is 8.83 Å². The van der Waals surface area contributed by atoms with Crippen LogP contribution in [-0.2, 0) is 0 Å². The fraction of sp³-hybridized carbons (Fsp3) is 0.